The molecule has 1 unspecified atom stereocenters. The van der Waals surface area contributed by atoms with Gasteiger partial charge in [0, 0.05) is 12.1 Å². The van der Waals surface area contributed by atoms with E-state index in [2.05, 4.69) is 16.4 Å². The second-order valence-corrected chi connectivity index (χ2v) is 11.5. The maximum absolute atomic E-state index is 13.4. The van der Waals surface area contributed by atoms with E-state index >= 15 is 0 Å². The zero-order valence-electron chi connectivity index (χ0n) is 20.9. The van der Waals surface area contributed by atoms with Crippen molar-refractivity contribution in [1.29, 1.82) is 5.26 Å². The molecule has 4 rings (SSSR count). The topological polar surface area (TPSA) is 128 Å². The Morgan fingerprint density at radius 1 is 1.05 bits per heavy atom. The number of amides is 1. The number of nitrogens with one attached hydrogen (secondary N) is 1. The molecule has 1 heterocycles. The van der Waals surface area contributed by atoms with Crippen LogP contribution in [0.3, 0.4) is 0 Å². The predicted octanol–water partition coefficient (Wildman–Crippen LogP) is 4.88. The van der Waals surface area contributed by atoms with Crippen molar-refractivity contribution in [2.24, 2.45) is 0 Å². The first kappa shape index (κ1) is 27.1. The van der Waals surface area contributed by atoms with Gasteiger partial charge in [-0.25, -0.2) is 13.4 Å². The van der Waals surface area contributed by atoms with Gasteiger partial charge in [-0.1, -0.05) is 42.5 Å². The highest BCUT2D eigenvalue weighted by Crippen LogP contribution is 2.36. The number of nitrogens with zero attached hydrogens (tertiary/aromatic N) is 2. The van der Waals surface area contributed by atoms with E-state index in [0.29, 0.717) is 33.3 Å². The second kappa shape index (κ2) is 11.6. The SMILES string of the molecule is CCS(=O)(=O)c1ccc(C(OCc2ccc(C#N)cc2)C(=O)Nc2nc3cc(OC)c(OC)cc3s2)cc1. The Balaban J connectivity index is 1.61. The number of aromatic nitrogens is 1. The highest BCUT2D eigenvalue weighted by Gasteiger charge is 2.24. The number of methoxy groups -OCH3 is 2. The predicted molar refractivity (Wildman–Crippen MR) is 144 cm³/mol. The molecule has 0 saturated heterocycles. The van der Waals surface area contributed by atoms with Crippen LogP contribution in [0.4, 0.5) is 5.13 Å². The molecule has 0 bridgehead atoms. The average Bonchev–Trinajstić information content (AvgIpc) is 3.33. The molecule has 1 aromatic heterocycles. The number of benzene rings is 3. The van der Waals surface area contributed by atoms with E-state index in [1.54, 1.807) is 62.6 Å². The van der Waals surface area contributed by atoms with Gasteiger partial charge in [-0.05, 0) is 35.4 Å². The molecular weight excluding hydrogens is 526 g/mol. The van der Waals surface area contributed by atoms with Crippen LogP contribution < -0.4 is 14.8 Å². The normalized spacial score (nSPS) is 12.1. The lowest BCUT2D eigenvalue weighted by Gasteiger charge is -2.18. The van der Waals surface area contributed by atoms with E-state index in [-0.39, 0.29) is 17.3 Å². The summed E-state index contributed by atoms with van der Waals surface area (Å²) in [5.74, 6) is 0.572. The largest absolute Gasteiger partial charge is 0.493 e. The van der Waals surface area contributed by atoms with Gasteiger partial charge in [-0.15, -0.1) is 0 Å². The fraction of sp³-hybridized carbons (Fsp3) is 0.222. The zero-order chi connectivity index (χ0) is 27.3. The first-order chi connectivity index (χ1) is 18.3. The van der Waals surface area contributed by atoms with Crippen LogP contribution in [0.1, 0.15) is 29.7 Å². The van der Waals surface area contributed by atoms with Crippen LogP contribution in [0.15, 0.2) is 65.6 Å². The van der Waals surface area contributed by atoms with Gasteiger partial charge >= 0.3 is 0 Å². The van der Waals surface area contributed by atoms with Crippen LogP contribution in [0.2, 0.25) is 0 Å². The molecule has 0 aliphatic carbocycles. The van der Waals surface area contributed by atoms with Gasteiger partial charge < -0.3 is 14.2 Å². The number of hydrogen-bond acceptors (Lipinski definition) is 9. The summed E-state index contributed by atoms with van der Waals surface area (Å²) in [7, 11) is -0.319. The minimum Gasteiger partial charge on any atom is -0.493 e. The standard InChI is InChI=1S/C27H25N3O6S2/c1-4-38(32,33)20-11-9-19(10-12-20)25(36-16-18-7-5-17(15-28)6-8-18)26(31)30-27-29-21-13-22(34-2)23(35-3)14-24(21)37-27/h5-14,25H,4,16H2,1-3H3,(H,29,30,31). The van der Waals surface area contributed by atoms with Crippen molar-refractivity contribution in [2.75, 3.05) is 25.3 Å². The second-order valence-electron chi connectivity index (χ2n) is 8.16. The monoisotopic (exact) mass is 551 g/mol. The van der Waals surface area contributed by atoms with Crippen molar-refractivity contribution >= 4 is 42.4 Å². The number of anilines is 1. The van der Waals surface area contributed by atoms with E-state index in [0.717, 1.165) is 10.3 Å². The van der Waals surface area contributed by atoms with Gasteiger partial charge in [0.15, 0.2) is 32.6 Å². The lowest BCUT2D eigenvalue weighted by molar-refractivity contribution is -0.128. The summed E-state index contributed by atoms with van der Waals surface area (Å²) < 4.78 is 42.0. The number of carbonyl (C=O) groups is 1. The minimum atomic E-state index is -3.39. The van der Waals surface area contributed by atoms with Gasteiger partial charge in [0.2, 0.25) is 0 Å². The molecule has 1 N–H and O–H groups in total. The van der Waals surface area contributed by atoms with Crippen molar-refractivity contribution in [3.05, 3.63) is 77.4 Å². The van der Waals surface area contributed by atoms with Crippen LogP contribution in [-0.2, 0) is 26.0 Å². The van der Waals surface area contributed by atoms with Gasteiger partial charge in [0.25, 0.3) is 5.91 Å². The van der Waals surface area contributed by atoms with Crippen LogP contribution in [-0.4, -0.2) is 39.3 Å². The molecule has 0 spiro atoms. The van der Waals surface area contributed by atoms with E-state index in [9.17, 15) is 13.2 Å². The minimum absolute atomic E-state index is 0.0291. The van der Waals surface area contributed by atoms with Gasteiger partial charge in [0.05, 0.1) is 53.3 Å². The Morgan fingerprint density at radius 3 is 2.32 bits per heavy atom. The van der Waals surface area contributed by atoms with Crippen LogP contribution in [0.5, 0.6) is 11.5 Å². The molecule has 1 amide bonds. The molecule has 3 aromatic carbocycles. The number of ether oxygens (including phenoxy) is 3. The van der Waals surface area contributed by atoms with E-state index < -0.39 is 21.8 Å². The number of sulfone groups is 1. The molecule has 38 heavy (non-hydrogen) atoms. The summed E-state index contributed by atoms with van der Waals surface area (Å²) >= 11 is 1.27. The van der Waals surface area contributed by atoms with Gasteiger partial charge in [0.1, 0.15) is 0 Å². The molecule has 1 atom stereocenters. The highest BCUT2D eigenvalue weighted by molar-refractivity contribution is 7.91. The first-order valence-electron chi connectivity index (χ1n) is 11.5. The lowest BCUT2D eigenvalue weighted by Crippen LogP contribution is -2.23. The fourth-order valence-electron chi connectivity index (χ4n) is 3.67. The summed E-state index contributed by atoms with van der Waals surface area (Å²) in [5.41, 5.74) is 2.40. The highest BCUT2D eigenvalue weighted by atomic mass is 32.2. The van der Waals surface area contributed by atoms with Gasteiger partial charge in [-0.2, -0.15) is 5.26 Å². The summed E-state index contributed by atoms with van der Waals surface area (Å²) in [5, 5.41) is 12.2. The van der Waals surface area contributed by atoms with Crippen molar-refractivity contribution in [3.8, 4) is 17.6 Å². The zero-order valence-corrected chi connectivity index (χ0v) is 22.6. The third-order valence-electron chi connectivity index (χ3n) is 5.78. The Kier molecular flexibility index (Phi) is 8.26. The number of rotatable bonds is 10. The molecule has 9 nitrogen and oxygen atoms in total. The number of fused-ring (bicyclic) bond motifs is 1. The summed E-state index contributed by atoms with van der Waals surface area (Å²) in [6.45, 7) is 1.66. The molecule has 196 valence electrons. The number of carbonyl (C=O) groups excluding carboxylic acids is 1. The summed E-state index contributed by atoms with van der Waals surface area (Å²) in [4.78, 5) is 18.1. The third kappa shape index (κ3) is 5.94. The molecule has 0 aliphatic heterocycles. The smallest absolute Gasteiger partial charge is 0.259 e. The Bertz CT molecular complexity index is 1550. The number of hydrogen-bond donors (Lipinski definition) is 1. The Hall–Kier alpha value is -3.98. The molecule has 4 aromatic rings. The van der Waals surface area contributed by atoms with E-state index in [1.165, 1.54) is 30.6 Å². The van der Waals surface area contributed by atoms with E-state index in [4.69, 9.17) is 19.5 Å². The van der Waals surface area contributed by atoms with Crippen molar-refractivity contribution in [1.82, 2.24) is 4.98 Å². The van der Waals surface area contributed by atoms with Crippen LogP contribution in [0, 0.1) is 11.3 Å². The van der Waals surface area contributed by atoms with Crippen molar-refractivity contribution in [3.63, 3.8) is 0 Å². The quantitative estimate of drug-likeness (QED) is 0.296. The first-order valence-corrected chi connectivity index (χ1v) is 14.0. The average molecular weight is 552 g/mol. The Labute approximate surface area is 224 Å². The van der Waals surface area contributed by atoms with Crippen LogP contribution >= 0.6 is 11.3 Å². The lowest BCUT2D eigenvalue weighted by atomic mass is 10.1. The van der Waals surface area contributed by atoms with Crippen molar-refractivity contribution in [2.45, 2.75) is 24.5 Å². The molecule has 0 fully saturated rings. The summed E-state index contributed by atoms with van der Waals surface area (Å²) in [6.07, 6.45) is -1.06. The maximum atomic E-state index is 13.4. The molecule has 0 aliphatic rings. The number of nitriles is 1. The van der Waals surface area contributed by atoms with Gasteiger partial charge in [-0.3, -0.25) is 10.1 Å². The fourth-order valence-corrected chi connectivity index (χ4v) is 5.44. The molecule has 0 saturated carbocycles. The number of thiazole rings is 1. The maximum Gasteiger partial charge on any atom is 0.259 e. The third-order valence-corrected chi connectivity index (χ3v) is 8.47. The summed E-state index contributed by atoms with van der Waals surface area (Å²) in [6, 6.07) is 18.5. The van der Waals surface area contributed by atoms with E-state index in [1.807, 2.05) is 0 Å². The Morgan fingerprint density at radius 2 is 1.71 bits per heavy atom. The van der Waals surface area contributed by atoms with Crippen LogP contribution in [0.25, 0.3) is 10.2 Å². The molecule has 11 heteroatoms. The molecular formula is C27H25N3O6S2. The van der Waals surface area contributed by atoms with Crippen molar-refractivity contribution < 1.29 is 27.4 Å². The molecule has 0 radical (unpaired) electrons.